The van der Waals surface area contributed by atoms with Gasteiger partial charge in [0.15, 0.2) is 0 Å². The standard InChI is InChI=1S/6CNO.Mo/c6*2-1-3;/q6*-1;. The largest absolute Gasteiger partial charge is 0.724 e. The topological polar surface area (TPSA) is 236 Å². The first-order chi connectivity index (χ1) is 8.49. The summed E-state index contributed by atoms with van der Waals surface area (Å²) < 4.78 is 0. The summed E-state index contributed by atoms with van der Waals surface area (Å²) in [5.41, 5.74) is 0. The summed E-state index contributed by atoms with van der Waals surface area (Å²) in [7, 11) is 0. The van der Waals surface area contributed by atoms with Crippen LogP contribution in [-0.4, -0.2) is 36.5 Å². The number of hydrogen-bond donors (Lipinski definition) is 0. The summed E-state index contributed by atoms with van der Waals surface area (Å²) in [5.74, 6) is 0. The van der Waals surface area contributed by atoms with E-state index in [9.17, 15) is 0 Å². The Balaban J connectivity index is -0.0000000180. The van der Waals surface area contributed by atoms with Crippen molar-refractivity contribution in [2.24, 2.45) is 0 Å². The molecule has 0 amide bonds. The molecule has 0 aliphatic carbocycles. The molecule has 102 valence electrons. The second-order valence-corrected chi connectivity index (χ2v) is 0.548. The van der Waals surface area contributed by atoms with Crippen LogP contribution in [0.15, 0.2) is 0 Å². The average molecular weight is 348 g/mol. The molecule has 0 radical (unpaired) electrons. The van der Waals surface area contributed by atoms with Crippen LogP contribution >= 0.6 is 0 Å². The molecule has 0 rings (SSSR count). The van der Waals surface area contributed by atoms with Crippen LogP contribution in [0.3, 0.4) is 0 Å². The van der Waals surface area contributed by atoms with E-state index in [0.29, 0.717) is 36.5 Å². The maximum Gasteiger partial charge on any atom is 0 e. The summed E-state index contributed by atoms with van der Waals surface area (Å²) in [6.07, 6.45) is 3.00. The summed E-state index contributed by atoms with van der Waals surface area (Å²) in [6, 6.07) is 0. The first kappa shape index (κ1) is 44.5. The molecule has 0 aromatic heterocycles. The van der Waals surface area contributed by atoms with Crippen molar-refractivity contribution in [2.75, 3.05) is 0 Å². The molecule has 13 heteroatoms. The Morgan fingerprint density at radius 2 is 0.368 bits per heavy atom. The number of isocyanates is 6. The minimum absolute atomic E-state index is 0. The molecule has 12 nitrogen and oxygen atoms in total. The van der Waals surface area contributed by atoms with Crippen molar-refractivity contribution in [1.29, 1.82) is 0 Å². The molecule has 0 aliphatic heterocycles. The second kappa shape index (κ2) is 331. The molecule has 0 bridgehead atoms. The summed E-state index contributed by atoms with van der Waals surface area (Å²) in [6.45, 7) is 0. The summed E-state index contributed by atoms with van der Waals surface area (Å²) >= 11 is 0. The van der Waals surface area contributed by atoms with E-state index in [2.05, 4.69) is 0 Å². The van der Waals surface area contributed by atoms with Crippen LogP contribution in [0.5, 0.6) is 0 Å². The Kier molecular flexibility index (Phi) is 776. The quantitative estimate of drug-likeness (QED) is 0.312. The maximum atomic E-state index is 8.24. The molecule has 0 aromatic carbocycles. The first-order valence-corrected chi connectivity index (χ1v) is 2.57. The van der Waals surface area contributed by atoms with Crippen molar-refractivity contribution in [1.82, 2.24) is 0 Å². The van der Waals surface area contributed by atoms with Gasteiger partial charge in [-0.3, -0.25) is 28.8 Å². The third-order valence-corrected chi connectivity index (χ3v) is 0. The molecule has 0 N–H and O–H groups in total. The van der Waals surface area contributed by atoms with Crippen molar-refractivity contribution >= 4 is 36.5 Å². The van der Waals surface area contributed by atoms with Crippen LogP contribution in [0, 0.1) is 0 Å². The monoisotopic (exact) mass is 350 g/mol. The smallest absolute Gasteiger partial charge is 0 e. The van der Waals surface area contributed by atoms with Crippen LogP contribution in [0.1, 0.15) is 0 Å². The van der Waals surface area contributed by atoms with Crippen molar-refractivity contribution in [3.8, 4) is 0 Å². The predicted molar refractivity (Wildman–Crippen MR) is 54.3 cm³/mol. The Bertz CT molecular complexity index is 253. The zero-order chi connectivity index (χ0) is 16.2. The van der Waals surface area contributed by atoms with E-state index in [4.69, 9.17) is 61.2 Å². The summed E-state index contributed by atoms with van der Waals surface area (Å²) in [5, 5.41) is 40.6. The molecular formula is C6MoN6O6-6. The number of rotatable bonds is 0. The van der Waals surface area contributed by atoms with Gasteiger partial charge in [-0.1, -0.05) is 0 Å². The van der Waals surface area contributed by atoms with E-state index in [0.717, 1.165) is 0 Å². The second-order valence-electron chi connectivity index (χ2n) is 0.548. The van der Waals surface area contributed by atoms with Gasteiger partial charge in [-0.2, -0.15) is 0 Å². The van der Waals surface area contributed by atoms with Crippen LogP contribution in [-0.2, 0) is 49.8 Å². The van der Waals surface area contributed by atoms with E-state index in [1.54, 1.807) is 0 Å². The van der Waals surface area contributed by atoms with E-state index < -0.39 is 0 Å². The van der Waals surface area contributed by atoms with Gasteiger partial charge < -0.3 is 32.5 Å². The SMILES string of the molecule is [Mo].[N-]=C=O.[N-]=C=O.[N-]=C=O.[N-]=C=O.[N-]=C=O.[N-]=C=O. The Hall–Kier alpha value is -3.03. The molecule has 0 aromatic rings. The van der Waals surface area contributed by atoms with E-state index in [-0.39, 0.29) is 21.1 Å². The fourth-order valence-corrected chi connectivity index (χ4v) is 0. The molecule has 0 heterocycles. The Morgan fingerprint density at radius 3 is 0.368 bits per heavy atom. The molecule has 0 aliphatic rings. The van der Waals surface area contributed by atoms with E-state index in [1.807, 2.05) is 0 Å². The van der Waals surface area contributed by atoms with Crippen molar-refractivity contribution in [2.45, 2.75) is 0 Å². The van der Waals surface area contributed by atoms with Gasteiger partial charge >= 0.3 is 0 Å². The van der Waals surface area contributed by atoms with E-state index >= 15 is 0 Å². The van der Waals surface area contributed by atoms with Gasteiger partial charge in [-0.25, -0.2) is 0 Å². The number of carbonyl (C=O) groups excluding carboxylic acids is 6. The normalized spacial score (nSPS) is 2.53. The number of nitrogens with zero attached hydrogens (tertiary/aromatic N) is 6. The zero-order valence-electron chi connectivity index (χ0n) is 8.54. The average Bonchev–Trinajstić information content (AvgIpc) is 2.23. The Morgan fingerprint density at radius 1 is 0.368 bits per heavy atom. The minimum Gasteiger partial charge on any atom is -0.724 e. The molecule has 0 saturated heterocycles. The van der Waals surface area contributed by atoms with Crippen molar-refractivity contribution in [3.05, 3.63) is 32.5 Å². The van der Waals surface area contributed by atoms with Crippen LogP contribution in [0.2, 0.25) is 0 Å². The van der Waals surface area contributed by atoms with Gasteiger partial charge in [0.1, 0.15) is 0 Å². The van der Waals surface area contributed by atoms with Crippen molar-refractivity contribution in [3.63, 3.8) is 0 Å². The molecule has 19 heavy (non-hydrogen) atoms. The summed E-state index contributed by atoms with van der Waals surface area (Å²) in [4.78, 5) is 49.4. The Labute approximate surface area is 119 Å². The minimum atomic E-state index is 0. The molecule has 0 fully saturated rings. The van der Waals surface area contributed by atoms with Crippen LogP contribution in [0.4, 0.5) is 0 Å². The zero-order valence-corrected chi connectivity index (χ0v) is 10.5. The number of hydrogen-bond acceptors (Lipinski definition) is 6. The molecule has 0 spiro atoms. The fourth-order valence-electron chi connectivity index (χ4n) is 0. The van der Waals surface area contributed by atoms with Gasteiger partial charge in [0.25, 0.3) is 0 Å². The molecular weight excluding hydrogens is 348 g/mol. The maximum absolute atomic E-state index is 8.24. The third-order valence-electron chi connectivity index (χ3n) is 0. The third kappa shape index (κ3) is 274. The van der Waals surface area contributed by atoms with Gasteiger partial charge in [0, 0.05) is 21.1 Å². The van der Waals surface area contributed by atoms with Crippen LogP contribution < -0.4 is 0 Å². The van der Waals surface area contributed by atoms with Gasteiger partial charge in [-0.05, 0) is 36.5 Å². The predicted octanol–water partition coefficient (Wildman–Crippen LogP) is -0.653. The fraction of sp³-hybridized carbons (Fsp3) is 0. The van der Waals surface area contributed by atoms with Gasteiger partial charge in [-0.15, -0.1) is 0 Å². The first-order valence-electron chi connectivity index (χ1n) is 2.57. The van der Waals surface area contributed by atoms with Gasteiger partial charge in [0.2, 0.25) is 0 Å². The molecule has 0 atom stereocenters. The van der Waals surface area contributed by atoms with Gasteiger partial charge in [0.05, 0.1) is 0 Å². The van der Waals surface area contributed by atoms with Crippen LogP contribution in [0.25, 0.3) is 32.5 Å². The van der Waals surface area contributed by atoms with E-state index in [1.165, 1.54) is 0 Å². The van der Waals surface area contributed by atoms with Crippen molar-refractivity contribution < 1.29 is 49.8 Å². The molecule has 0 saturated carbocycles. The molecule has 0 unspecified atom stereocenters.